The van der Waals surface area contributed by atoms with E-state index in [4.69, 9.17) is 0 Å². The van der Waals surface area contributed by atoms with Crippen molar-refractivity contribution in [2.45, 2.75) is 12.5 Å². The number of fused-ring (bicyclic) bond motifs is 1. The normalized spacial score (nSPS) is 17.0. The summed E-state index contributed by atoms with van der Waals surface area (Å²) in [6.45, 7) is 2.85. The molecule has 2 aromatic heterocycles. The number of hydrogen-bond donors (Lipinski definition) is 2. The molecule has 0 bridgehead atoms. The second-order valence-corrected chi connectivity index (χ2v) is 7.52. The van der Waals surface area contributed by atoms with E-state index < -0.39 is 12.0 Å². The highest BCUT2D eigenvalue weighted by molar-refractivity contribution is 9.10. The van der Waals surface area contributed by atoms with Crippen LogP contribution in [0.15, 0.2) is 47.3 Å². The van der Waals surface area contributed by atoms with Crippen LogP contribution in [0.3, 0.4) is 0 Å². The lowest BCUT2D eigenvalue weighted by Crippen LogP contribution is -2.37. The Hall–Kier alpha value is -2.45. The lowest BCUT2D eigenvalue weighted by Gasteiger charge is -2.27. The summed E-state index contributed by atoms with van der Waals surface area (Å²) in [5.41, 5.74) is 1.73. The quantitative estimate of drug-likeness (QED) is 0.662. The zero-order valence-corrected chi connectivity index (χ0v) is 16.3. The summed E-state index contributed by atoms with van der Waals surface area (Å²) in [6.07, 6.45) is 6.14. The van der Waals surface area contributed by atoms with Crippen molar-refractivity contribution in [1.29, 1.82) is 0 Å². The van der Waals surface area contributed by atoms with Gasteiger partial charge in [0.1, 0.15) is 6.04 Å². The van der Waals surface area contributed by atoms with Gasteiger partial charge in [0, 0.05) is 65.7 Å². The number of aromatic amines is 1. The number of benzene rings is 1. The van der Waals surface area contributed by atoms with Crippen LogP contribution in [-0.2, 0) is 4.79 Å². The summed E-state index contributed by atoms with van der Waals surface area (Å²) in [6, 6.07) is 6.98. The van der Waals surface area contributed by atoms with Crippen molar-refractivity contribution in [3.05, 3.63) is 52.9 Å². The van der Waals surface area contributed by atoms with Crippen LogP contribution in [0.5, 0.6) is 0 Å². The summed E-state index contributed by atoms with van der Waals surface area (Å²) in [5, 5.41) is 10.9. The zero-order valence-electron chi connectivity index (χ0n) is 14.7. The summed E-state index contributed by atoms with van der Waals surface area (Å²) in [7, 11) is 0. The van der Waals surface area contributed by atoms with E-state index in [1.807, 2.05) is 29.3 Å². The number of nitrogens with zero attached hydrogens (tertiary/aromatic N) is 4. The molecule has 0 radical (unpaired) electrons. The van der Waals surface area contributed by atoms with Crippen LogP contribution in [0.4, 0.5) is 5.95 Å². The fraction of sp³-hybridized carbons (Fsp3) is 0.316. The van der Waals surface area contributed by atoms with Crippen LogP contribution in [0, 0.1) is 0 Å². The van der Waals surface area contributed by atoms with Crippen molar-refractivity contribution >= 4 is 38.8 Å². The molecule has 3 aromatic rings. The number of carboxylic acid groups (broad SMARTS) is 1. The third-order valence-corrected chi connectivity index (χ3v) is 5.43. The molecule has 0 amide bonds. The molecule has 0 unspecified atom stereocenters. The van der Waals surface area contributed by atoms with E-state index in [0.717, 1.165) is 33.9 Å². The molecule has 1 aromatic carbocycles. The van der Waals surface area contributed by atoms with Crippen LogP contribution >= 0.6 is 15.9 Å². The van der Waals surface area contributed by atoms with Gasteiger partial charge in [0.05, 0.1) is 0 Å². The average molecular weight is 430 g/mol. The SMILES string of the molecule is O=C(O)[C@@H](c1c[nH]c2ccc(Br)cc12)N1CCCN(c2ncccn2)CC1. The van der Waals surface area contributed by atoms with Crippen molar-refractivity contribution in [2.75, 3.05) is 31.1 Å². The molecule has 1 saturated heterocycles. The van der Waals surface area contributed by atoms with E-state index in [2.05, 4.69) is 35.8 Å². The molecule has 27 heavy (non-hydrogen) atoms. The minimum Gasteiger partial charge on any atom is -0.480 e. The van der Waals surface area contributed by atoms with Gasteiger partial charge in [0.2, 0.25) is 5.95 Å². The minimum atomic E-state index is -0.833. The van der Waals surface area contributed by atoms with Crippen LogP contribution in [0.25, 0.3) is 10.9 Å². The maximum atomic E-state index is 12.2. The maximum absolute atomic E-state index is 12.2. The molecule has 0 aliphatic carbocycles. The van der Waals surface area contributed by atoms with Gasteiger partial charge in [-0.05, 0) is 30.7 Å². The molecular weight excluding hydrogens is 410 g/mol. The summed E-state index contributed by atoms with van der Waals surface area (Å²) in [5.74, 6) is -0.137. The second-order valence-electron chi connectivity index (χ2n) is 6.60. The Bertz CT molecular complexity index is 946. The van der Waals surface area contributed by atoms with E-state index in [1.165, 1.54) is 0 Å². The molecule has 4 rings (SSSR count). The smallest absolute Gasteiger partial charge is 0.325 e. The van der Waals surface area contributed by atoms with E-state index in [-0.39, 0.29) is 0 Å². The third kappa shape index (κ3) is 3.68. The van der Waals surface area contributed by atoms with Gasteiger partial charge in [-0.1, -0.05) is 15.9 Å². The first-order valence-electron chi connectivity index (χ1n) is 8.89. The largest absolute Gasteiger partial charge is 0.480 e. The van der Waals surface area contributed by atoms with Crippen molar-refractivity contribution < 1.29 is 9.90 Å². The second kappa shape index (κ2) is 7.66. The average Bonchev–Trinajstić information content (AvgIpc) is 2.91. The molecule has 7 nitrogen and oxygen atoms in total. The van der Waals surface area contributed by atoms with E-state index in [1.54, 1.807) is 18.5 Å². The molecule has 1 aliphatic heterocycles. The lowest BCUT2D eigenvalue weighted by molar-refractivity contribution is -0.143. The number of anilines is 1. The van der Waals surface area contributed by atoms with Crippen LogP contribution < -0.4 is 4.90 Å². The van der Waals surface area contributed by atoms with E-state index in [9.17, 15) is 9.90 Å². The third-order valence-electron chi connectivity index (χ3n) is 4.93. The van der Waals surface area contributed by atoms with Gasteiger partial charge in [-0.25, -0.2) is 9.97 Å². The number of halogens is 1. The molecule has 0 saturated carbocycles. The fourth-order valence-corrected chi connectivity index (χ4v) is 4.04. The Labute approximate surface area is 165 Å². The standard InChI is InChI=1S/C19H20BrN5O2/c20-13-3-4-16-14(11-13)15(12-23-16)17(18(26)27)24-7-2-8-25(10-9-24)19-21-5-1-6-22-19/h1,3-6,11-12,17,23H,2,7-10H2,(H,26,27)/t17-/m1/s1. The van der Waals surface area contributed by atoms with Gasteiger partial charge in [0.25, 0.3) is 0 Å². The number of rotatable bonds is 4. The number of hydrogen-bond acceptors (Lipinski definition) is 5. The van der Waals surface area contributed by atoms with Gasteiger partial charge in [-0.2, -0.15) is 0 Å². The van der Waals surface area contributed by atoms with E-state index >= 15 is 0 Å². The number of carboxylic acids is 1. The molecule has 0 spiro atoms. The van der Waals surface area contributed by atoms with Crippen molar-refractivity contribution in [3.63, 3.8) is 0 Å². The maximum Gasteiger partial charge on any atom is 0.325 e. The molecule has 3 heterocycles. The van der Waals surface area contributed by atoms with Gasteiger partial charge in [-0.3, -0.25) is 9.69 Å². The van der Waals surface area contributed by atoms with Gasteiger partial charge in [-0.15, -0.1) is 0 Å². The zero-order chi connectivity index (χ0) is 18.8. The molecule has 1 atom stereocenters. The highest BCUT2D eigenvalue weighted by atomic mass is 79.9. The van der Waals surface area contributed by atoms with Gasteiger partial charge in [0.15, 0.2) is 0 Å². The molecular formula is C19H20BrN5O2. The van der Waals surface area contributed by atoms with Crippen molar-refractivity contribution in [2.24, 2.45) is 0 Å². The highest BCUT2D eigenvalue weighted by Gasteiger charge is 2.31. The first-order chi connectivity index (χ1) is 13.1. The van der Waals surface area contributed by atoms with Crippen molar-refractivity contribution in [3.8, 4) is 0 Å². The lowest BCUT2D eigenvalue weighted by atomic mass is 10.0. The minimum absolute atomic E-state index is 0.635. The van der Waals surface area contributed by atoms with E-state index in [0.29, 0.717) is 25.6 Å². The van der Waals surface area contributed by atoms with Gasteiger partial charge < -0.3 is 15.0 Å². The molecule has 2 N–H and O–H groups in total. The molecule has 1 aliphatic rings. The number of aromatic nitrogens is 3. The number of carbonyl (C=O) groups is 1. The summed E-state index contributed by atoms with van der Waals surface area (Å²) in [4.78, 5) is 28.2. The summed E-state index contributed by atoms with van der Waals surface area (Å²) >= 11 is 3.48. The Morgan fingerprint density at radius 2 is 2.00 bits per heavy atom. The first-order valence-corrected chi connectivity index (χ1v) is 9.68. The molecule has 8 heteroatoms. The van der Waals surface area contributed by atoms with Crippen LogP contribution in [0.2, 0.25) is 0 Å². The van der Waals surface area contributed by atoms with Gasteiger partial charge >= 0.3 is 5.97 Å². The molecule has 140 valence electrons. The van der Waals surface area contributed by atoms with Crippen molar-refractivity contribution in [1.82, 2.24) is 19.9 Å². The predicted molar refractivity (Wildman–Crippen MR) is 107 cm³/mol. The Balaban J connectivity index is 1.61. The van der Waals surface area contributed by atoms with Crippen LogP contribution in [-0.4, -0.2) is 57.1 Å². The summed E-state index contributed by atoms with van der Waals surface area (Å²) < 4.78 is 0.934. The predicted octanol–water partition coefficient (Wildman–Crippen LogP) is 3.06. The first kappa shape index (κ1) is 17.9. The Kier molecular flexibility index (Phi) is 5.09. The number of nitrogens with one attached hydrogen (secondary N) is 1. The Morgan fingerprint density at radius 3 is 2.78 bits per heavy atom. The molecule has 1 fully saturated rings. The topological polar surface area (TPSA) is 85.4 Å². The highest BCUT2D eigenvalue weighted by Crippen LogP contribution is 2.31. The van der Waals surface area contributed by atoms with Crippen LogP contribution in [0.1, 0.15) is 18.0 Å². The number of H-pyrrole nitrogens is 1. The fourth-order valence-electron chi connectivity index (χ4n) is 3.68. The monoisotopic (exact) mass is 429 g/mol. The number of aliphatic carboxylic acids is 1. The Morgan fingerprint density at radius 1 is 1.19 bits per heavy atom.